The molecular weight excluding hydrogens is 288 g/mol. The maximum Gasteiger partial charge on any atom is 0.246 e. The smallest absolute Gasteiger partial charge is 0.246 e. The number of hydrogen-bond acceptors (Lipinski definition) is 5. The summed E-state index contributed by atoms with van der Waals surface area (Å²) in [6, 6.07) is 0. The largest absolute Gasteiger partial charge is 0.355 e. The quantitative estimate of drug-likeness (QED) is 0.757. The summed E-state index contributed by atoms with van der Waals surface area (Å²) in [5.74, 6) is 0.821. The Balaban J connectivity index is 2.95. The second kappa shape index (κ2) is 8.29. The second-order valence-corrected chi connectivity index (χ2v) is 6.85. The lowest BCUT2D eigenvalue weighted by Gasteiger charge is -2.24. The highest BCUT2D eigenvalue weighted by Crippen LogP contribution is 2.18. The van der Waals surface area contributed by atoms with Gasteiger partial charge in [0, 0.05) is 19.6 Å². The van der Waals surface area contributed by atoms with E-state index < -0.39 is 10.0 Å². The van der Waals surface area contributed by atoms with Gasteiger partial charge in [0.1, 0.15) is 4.90 Å². The Bertz CT molecular complexity index is 512. The van der Waals surface area contributed by atoms with Crippen molar-refractivity contribution in [3.05, 3.63) is 12.4 Å². The van der Waals surface area contributed by atoms with Crippen molar-refractivity contribution in [2.45, 2.75) is 45.4 Å². The fourth-order valence-corrected chi connectivity index (χ4v) is 3.50. The molecule has 7 heteroatoms. The Labute approximate surface area is 128 Å². The molecule has 0 spiro atoms. The van der Waals surface area contributed by atoms with E-state index in [0.717, 1.165) is 12.8 Å². The molecule has 0 bridgehead atoms. The molecule has 0 atom stereocenters. The van der Waals surface area contributed by atoms with E-state index in [4.69, 9.17) is 0 Å². The summed E-state index contributed by atoms with van der Waals surface area (Å²) in [7, 11) is -3.52. The summed E-state index contributed by atoms with van der Waals surface area (Å²) in [5.41, 5.74) is 0. The summed E-state index contributed by atoms with van der Waals surface area (Å²) in [4.78, 5) is 8.24. The minimum atomic E-state index is -3.52. The molecule has 1 aromatic rings. The number of anilines is 1. The number of sulfonamides is 1. The molecule has 0 amide bonds. The Morgan fingerprint density at radius 3 is 2.14 bits per heavy atom. The van der Waals surface area contributed by atoms with Crippen LogP contribution < -0.4 is 5.32 Å². The molecule has 0 aliphatic rings. The van der Waals surface area contributed by atoms with Crippen LogP contribution >= 0.6 is 0 Å². The molecule has 0 aliphatic heterocycles. The van der Waals surface area contributed by atoms with E-state index in [1.54, 1.807) is 0 Å². The fraction of sp³-hybridized carbons (Fsp3) is 0.714. The second-order valence-electron chi connectivity index (χ2n) is 4.91. The normalized spacial score (nSPS) is 12.1. The average Bonchev–Trinajstić information content (AvgIpc) is 2.49. The molecule has 0 unspecified atom stereocenters. The first-order valence-electron chi connectivity index (χ1n) is 7.55. The van der Waals surface area contributed by atoms with Gasteiger partial charge in [-0.15, -0.1) is 0 Å². The van der Waals surface area contributed by atoms with Gasteiger partial charge in [-0.05, 0) is 12.8 Å². The number of aromatic nitrogens is 2. The molecule has 1 aromatic heterocycles. The van der Waals surface area contributed by atoms with Crippen LogP contribution in [-0.2, 0) is 10.0 Å². The van der Waals surface area contributed by atoms with E-state index in [0.29, 0.717) is 31.5 Å². The third-order valence-electron chi connectivity index (χ3n) is 3.57. The zero-order valence-electron chi connectivity index (χ0n) is 13.3. The van der Waals surface area contributed by atoms with Crippen LogP contribution in [0.1, 0.15) is 40.5 Å². The maximum absolute atomic E-state index is 12.6. The van der Waals surface area contributed by atoms with E-state index >= 15 is 0 Å². The Morgan fingerprint density at radius 2 is 1.71 bits per heavy atom. The zero-order valence-corrected chi connectivity index (χ0v) is 14.2. The molecule has 1 N–H and O–H groups in total. The summed E-state index contributed by atoms with van der Waals surface area (Å²) in [6.45, 7) is 9.65. The van der Waals surface area contributed by atoms with Crippen molar-refractivity contribution in [3.8, 4) is 0 Å². The van der Waals surface area contributed by atoms with E-state index in [2.05, 4.69) is 29.1 Å². The molecule has 120 valence electrons. The number of nitrogens with zero attached hydrogens (tertiary/aromatic N) is 3. The van der Waals surface area contributed by atoms with Crippen LogP contribution in [0.5, 0.6) is 0 Å². The highest BCUT2D eigenvalue weighted by Gasteiger charge is 2.25. The minimum absolute atomic E-state index is 0.150. The van der Waals surface area contributed by atoms with Crippen LogP contribution in [0.15, 0.2) is 17.3 Å². The number of nitrogens with one attached hydrogen (secondary N) is 1. The van der Waals surface area contributed by atoms with Crippen molar-refractivity contribution >= 4 is 16.0 Å². The molecule has 0 fully saturated rings. The van der Waals surface area contributed by atoms with Gasteiger partial charge in [-0.25, -0.2) is 18.4 Å². The number of hydrogen-bond donors (Lipinski definition) is 1. The lowest BCUT2D eigenvalue weighted by Crippen LogP contribution is -2.35. The van der Waals surface area contributed by atoms with Crippen molar-refractivity contribution < 1.29 is 8.42 Å². The molecule has 0 aliphatic carbocycles. The molecule has 1 heterocycles. The zero-order chi connectivity index (χ0) is 15.9. The standard InChI is InChI=1S/C14H26N4O2S/c1-5-12(6-2)11-18(8-4)21(19,20)13-9-16-14(15-7-3)17-10-13/h9-10,12H,5-8,11H2,1-4H3,(H,15,16,17). The van der Waals surface area contributed by atoms with Crippen molar-refractivity contribution in [1.29, 1.82) is 0 Å². The molecule has 6 nitrogen and oxygen atoms in total. The predicted octanol–water partition coefficient (Wildman–Crippen LogP) is 2.36. The van der Waals surface area contributed by atoms with Gasteiger partial charge in [-0.2, -0.15) is 4.31 Å². The van der Waals surface area contributed by atoms with E-state index in [9.17, 15) is 8.42 Å². The van der Waals surface area contributed by atoms with Crippen LogP contribution in [-0.4, -0.2) is 42.3 Å². The first kappa shape index (κ1) is 17.8. The molecule has 0 saturated heterocycles. The molecule has 21 heavy (non-hydrogen) atoms. The van der Waals surface area contributed by atoms with Crippen molar-refractivity contribution in [3.63, 3.8) is 0 Å². The van der Waals surface area contributed by atoms with Gasteiger partial charge in [0.05, 0.1) is 12.4 Å². The summed E-state index contributed by atoms with van der Waals surface area (Å²) >= 11 is 0. The van der Waals surface area contributed by atoms with Crippen LogP contribution in [0, 0.1) is 5.92 Å². The first-order valence-corrected chi connectivity index (χ1v) is 8.99. The monoisotopic (exact) mass is 314 g/mol. The van der Waals surface area contributed by atoms with Gasteiger partial charge in [0.25, 0.3) is 0 Å². The lowest BCUT2D eigenvalue weighted by atomic mass is 10.0. The van der Waals surface area contributed by atoms with Crippen LogP contribution in [0.3, 0.4) is 0 Å². The van der Waals surface area contributed by atoms with Gasteiger partial charge in [-0.3, -0.25) is 0 Å². The highest BCUT2D eigenvalue weighted by molar-refractivity contribution is 7.89. The molecular formula is C14H26N4O2S. The molecule has 0 radical (unpaired) electrons. The third-order valence-corrected chi connectivity index (χ3v) is 5.46. The Morgan fingerprint density at radius 1 is 1.14 bits per heavy atom. The minimum Gasteiger partial charge on any atom is -0.355 e. The lowest BCUT2D eigenvalue weighted by molar-refractivity contribution is 0.339. The summed E-state index contributed by atoms with van der Waals surface area (Å²) < 4.78 is 26.8. The van der Waals surface area contributed by atoms with Crippen molar-refractivity contribution in [2.24, 2.45) is 5.92 Å². The SMILES string of the molecule is CCNc1ncc(S(=O)(=O)N(CC)CC(CC)CC)cn1. The van der Waals surface area contributed by atoms with Gasteiger partial charge in [0.2, 0.25) is 16.0 Å². The summed E-state index contributed by atoms with van der Waals surface area (Å²) in [5, 5.41) is 2.95. The fourth-order valence-electron chi connectivity index (χ4n) is 2.08. The average molecular weight is 314 g/mol. The first-order chi connectivity index (χ1) is 9.99. The van der Waals surface area contributed by atoms with Gasteiger partial charge in [0.15, 0.2) is 0 Å². The van der Waals surface area contributed by atoms with Crippen molar-refractivity contribution in [2.75, 3.05) is 25.0 Å². The van der Waals surface area contributed by atoms with E-state index in [1.165, 1.54) is 16.7 Å². The summed E-state index contributed by atoms with van der Waals surface area (Å²) in [6.07, 6.45) is 4.68. The van der Waals surface area contributed by atoms with Crippen LogP contribution in [0.4, 0.5) is 5.95 Å². The highest BCUT2D eigenvalue weighted by atomic mass is 32.2. The van der Waals surface area contributed by atoms with Crippen LogP contribution in [0.2, 0.25) is 0 Å². The Kier molecular flexibility index (Phi) is 7.04. The van der Waals surface area contributed by atoms with Crippen molar-refractivity contribution in [1.82, 2.24) is 14.3 Å². The van der Waals surface area contributed by atoms with Crippen LogP contribution in [0.25, 0.3) is 0 Å². The number of rotatable bonds is 9. The van der Waals surface area contributed by atoms with Gasteiger partial charge >= 0.3 is 0 Å². The Hall–Kier alpha value is -1.21. The van der Waals surface area contributed by atoms with E-state index in [-0.39, 0.29) is 4.90 Å². The van der Waals surface area contributed by atoms with Gasteiger partial charge in [-0.1, -0.05) is 33.6 Å². The third kappa shape index (κ3) is 4.64. The van der Waals surface area contributed by atoms with E-state index in [1.807, 2.05) is 13.8 Å². The topological polar surface area (TPSA) is 75.2 Å². The molecule has 0 aromatic carbocycles. The molecule has 0 saturated carbocycles. The van der Waals surface area contributed by atoms with Gasteiger partial charge < -0.3 is 5.32 Å². The molecule has 1 rings (SSSR count). The maximum atomic E-state index is 12.6. The predicted molar refractivity (Wildman–Crippen MR) is 84.7 cm³/mol.